The summed E-state index contributed by atoms with van der Waals surface area (Å²) in [5.41, 5.74) is 6.94. The molecule has 2 N–H and O–H groups in total. The molecular formula is C16H23Cl3N2OS. The van der Waals surface area contributed by atoms with Gasteiger partial charge in [-0.3, -0.25) is 4.79 Å². The molecule has 0 aliphatic carbocycles. The molecule has 23 heavy (non-hydrogen) atoms. The van der Waals surface area contributed by atoms with E-state index in [9.17, 15) is 4.79 Å². The van der Waals surface area contributed by atoms with Crippen LogP contribution in [-0.4, -0.2) is 35.7 Å². The van der Waals surface area contributed by atoms with Crippen molar-refractivity contribution in [3.05, 3.63) is 33.8 Å². The summed E-state index contributed by atoms with van der Waals surface area (Å²) in [4.78, 5) is 14.2. The maximum Gasteiger partial charge on any atom is 0.232 e. The van der Waals surface area contributed by atoms with E-state index in [-0.39, 0.29) is 24.4 Å². The van der Waals surface area contributed by atoms with E-state index in [4.69, 9.17) is 28.9 Å². The van der Waals surface area contributed by atoms with Gasteiger partial charge < -0.3 is 10.6 Å². The molecular weight excluding hydrogens is 375 g/mol. The normalized spacial score (nSPS) is 16.8. The molecule has 0 radical (unpaired) electrons. The first-order chi connectivity index (χ1) is 10.5. The Morgan fingerprint density at radius 3 is 2.61 bits per heavy atom. The Hall–Kier alpha value is -0.130. The molecule has 2 rings (SSSR count). The van der Waals surface area contributed by atoms with Crippen LogP contribution in [0.5, 0.6) is 0 Å². The number of benzene rings is 1. The Morgan fingerprint density at radius 1 is 1.39 bits per heavy atom. The fourth-order valence-electron chi connectivity index (χ4n) is 2.65. The van der Waals surface area contributed by atoms with Crippen LogP contribution in [0.2, 0.25) is 10.0 Å². The van der Waals surface area contributed by atoms with Crippen LogP contribution in [0.1, 0.15) is 25.3 Å². The minimum Gasteiger partial charge on any atom is -0.342 e. The van der Waals surface area contributed by atoms with E-state index in [2.05, 4.69) is 0 Å². The summed E-state index contributed by atoms with van der Waals surface area (Å²) >= 11 is 13.6. The second-order valence-corrected chi connectivity index (χ2v) is 7.64. The molecule has 3 nitrogen and oxygen atoms in total. The number of rotatable bonds is 5. The number of nitrogens with two attached hydrogens (primary N) is 1. The van der Waals surface area contributed by atoms with Gasteiger partial charge in [0.1, 0.15) is 0 Å². The van der Waals surface area contributed by atoms with Gasteiger partial charge in [-0.25, -0.2) is 0 Å². The third-order valence-corrected chi connectivity index (χ3v) is 5.69. The molecule has 1 fully saturated rings. The summed E-state index contributed by atoms with van der Waals surface area (Å²) in [6, 6.07) is 5.69. The number of likely N-dealkylation sites (tertiary alicyclic amines) is 1. The number of hydrogen-bond acceptors (Lipinski definition) is 3. The van der Waals surface area contributed by atoms with E-state index in [1.54, 1.807) is 17.8 Å². The minimum atomic E-state index is 0. The van der Waals surface area contributed by atoms with Crippen LogP contribution in [0.15, 0.2) is 18.2 Å². The minimum absolute atomic E-state index is 0. The first-order valence-electron chi connectivity index (χ1n) is 7.52. The quantitative estimate of drug-likeness (QED) is 0.808. The fourth-order valence-corrected chi connectivity index (χ4v) is 4.14. The first-order valence-corrected chi connectivity index (χ1v) is 9.43. The Bertz CT molecular complexity index is 520. The Kier molecular flexibility index (Phi) is 9.09. The fraction of sp³-hybridized carbons (Fsp3) is 0.562. The first kappa shape index (κ1) is 20.9. The van der Waals surface area contributed by atoms with E-state index in [0.717, 1.165) is 37.2 Å². The third kappa shape index (κ3) is 6.35. The van der Waals surface area contributed by atoms with Crippen molar-refractivity contribution in [2.45, 2.75) is 31.6 Å². The molecule has 130 valence electrons. The Balaban J connectivity index is 0.00000264. The smallest absolute Gasteiger partial charge is 0.232 e. The van der Waals surface area contributed by atoms with Crippen molar-refractivity contribution in [1.29, 1.82) is 0 Å². The monoisotopic (exact) mass is 396 g/mol. The maximum atomic E-state index is 12.2. The van der Waals surface area contributed by atoms with Crippen LogP contribution in [0.4, 0.5) is 0 Å². The van der Waals surface area contributed by atoms with Gasteiger partial charge in [0.25, 0.3) is 0 Å². The summed E-state index contributed by atoms with van der Waals surface area (Å²) in [6.07, 6.45) is 2.02. The van der Waals surface area contributed by atoms with Crippen molar-refractivity contribution in [3.63, 3.8) is 0 Å². The van der Waals surface area contributed by atoms with Gasteiger partial charge in [0.05, 0.1) is 5.75 Å². The van der Waals surface area contributed by atoms with Crippen molar-refractivity contribution in [1.82, 2.24) is 4.90 Å². The summed E-state index contributed by atoms with van der Waals surface area (Å²) in [6.45, 7) is 3.70. The molecule has 0 bridgehead atoms. The molecule has 1 unspecified atom stereocenters. The summed E-state index contributed by atoms with van der Waals surface area (Å²) < 4.78 is 0. The molecule has 1 heterocycles. The van der Waals surface area contributed by atoms with E-state index >= 15 is 0 Å². The molecule has 1 amide bonds. The van der Waals surface area contributed by atoms with Crippen LogP contribution in [0.25, 0.3) is 0 Å². The van der Waals surface area contributed by atoms with E-state index in [1.807, 2.05) is 24.0 Å². The van der Waals surface area contributed by atoms with Gasteiger partial charge in [-0.1, -0.05) is 29.3 Å². The lowest BCUT2D eigenvalue weighted by Gasteiger charge is -2.33. The summed E-state index contributed by atoms with van der Waals surface area (Å²) in [5, 5.41) is 1.29. The molecule has 0 spiro atoms. The van der Waals surface area contributed by atoms with E-state index in [1.165, 1.54) is 0 Å². The summed E-state index contributed by atoms with van der Waals surface area (Å²) in [5.74, 6) is 1.96. The van der Waals surface area contributed by atoms with Crippen LogP contribution in [0, 0.1) is 5.92 Å². The second kappa shape index (κ2) is 10.00. The molecule has 7 heteroatoms. The topological polar surface area (TPSA) is 46.3 Å². The highest BCUT2D eigenvalue weighted by molar-refractivity contribution is 7.99. The van der Waals surface area contributed by atoms with Crippen molar-refractivity contribution in [2.24, 2.45) is 11.7 Å². The lowest BCUT2D eigenvalue weighted by atomic mass is 9.91. The zero-order valence-corrected chi connectivity index (χ0v) is 16.3. The predicted octanol–water partition coefficient (Wildman–Crippen LogP) is 4.23. The maximum absolute atomic E-state index is 12.2. The van der Waals surface area contributed by atoms with Gasteiger partial charge in [0.15, 0.2) is 0 Å². The zero-order chi connectivity index (χ0) is 16.1. The van der Waals surface area contributed by atoms with Crippen molar-refractivity contribution in [3.8, 4) is 0 Å². The molecule has 1 aromatic rings. The Morgan fingerprint density at radius 2 is 2.04 bits per heavy atom. The molecule has 1 aliphatic heterocycles. The third-order valence-electron chi connectivity index (χ3n) is 4.13. The average Bonchev–Trinajstić information content (AvgIpc) is 2.49. The second-order valence-electron chi connectivity index (χ2n) is 5.81. The van der Waals surface area contributed by atoms with Gasteiger partial charge in [-0.2, -0.15) is 0 Å². The van der Waals surface area contributed by atoms with Crippen molar-refractivity contribution >= 4 is 53.3 Å². The van der Waals surface area contributed by atoms with Gasteiger partial charge in [0, 0.05) is 34.9 Å². The zero-order valence-electron chi connectivity index (χ0n) is 13.1. The number of nitrogens with zero attached hydrogens (tertiary/aromatic N) is 1. The van der Waals surface area contributed by atoms with Gasteiger partial charge >= 0.3 is 0 Å². The highest BCUT2D eigenvalue weighted by Crippen LogP contribution is 2.25. The van der Waals surface area contributed by atoms with Gasteiger partial charge in [0.2, 0.25) is 5.91 Å². The lowest BCUT2D eigenvalue weighted by molar-refractivity contribution is -0.129. The van der Waals surface area contributed by atoms with E-state index in [0.29, 0.717) is 21.7 Å². The molecule has 0 aromatic heterocycles. The summed E-state index contributed by atoms with van der Waals surface area (Å²) in [7, 11) is 0. The van der Waals surface area contributed by atoms with Crippen LogP contribution in [0.3, 0.4) is 0 Å². The number of piperidine rings is 1. The predicted molar refractivity (Wildman–Crippen MR) is 103 cm³/mol. The number of hydrogen-bond donors (Lipinski definition) is 1. The number of carbonyl (C=O) groups excluding carboxylic acids is 1. The lowest BCUT2D eigenvalue weighted by Crippen LogP contribution is -2.43. The van der Waals surface area contributed by atoms with Crippen molar-refractivity contribution < 1.29 is 4.79 Å². The molecule has 1 atom stereocenters. The van der Waals surface area contributed by atoms with E-state index < -0.39 is 0 Å². The average molecular weight is 398 g/mol. The van der Waals surface area contributed by atoms with Crippen LogP contribution < -0.4 is 5.73 Å². The molecule has 1 saturated heterocycles. The van der Waals surface area contributed by atoms with Crippen LogP contribution in [-0.2, 0) is 10.5 Å². The molecule has 0 saturated carbocycles. The number of carbonyl (C=O) groups is 1. The standard InChI is InChI=1S/C16H22Cl2N2OS.ClH/c1-11(19)12-4-6-20(7-5-12)16(21)10-22-9-13-2-3-14(17)8-15(13)18;/h2-3,8,11-12H,4-7,9-10,19H2,1H3;1H. The Labute approximate surface area is 158 Å². The largest absolute Gasteiger partial charge is 0.342 e. The van der Waals surface area contributed by atoms with Crippen LogP contribution >= 0.6 is 47.4 Å². The van der Waals surface area contributed by atoms with Crippen molar-refractivity contribution in [2.75, 3.05) is 18.8 Å². The number of amides is 1. The molecule has 1 aliphatic rings. The highest BCUT2D eigenvalue weighted by Gasteiger charge is 2.24. The SMILES string of the molecule is CC(N)C1CCN(C(=O)CSCc2ccc(Cl)cc2Cl)CC1.Cl. The number of halogens is 3. The number of thioether (sulfide) groups is 1. The highest BCUT2D eigenvalue weighted by atomic mass is 35.5. The van der Waals surface area contributed by atoms with Gasteiger partial charge in [-0.05, 0) is 43.4 Å². The van der Waals surface area contributed by atoms with Gasteiger partial charge in [-0.15, -0.1) is 24.2 Å². The molecule has 1 aromatic carbocycles.